The number of hydrogen-bond acceptors (Lipinski definition) is 3. The molecule has 0 aromatic heterocycles. The van der Waals surface area contributed by atoms with Gasteiger partial charge in [-0.2, -0.15) is 0 Å². The zero-order valence-electron chi connectivity index (χ0n) is 6.71. The maximum absolute atomic E-state index is 9.99. The van der Waals surface area contributed by atoms with Crippen molar-refractivity contribution in [2.24, 2.45) is 0 Å². The van der Waals surface area contributed by atoms with Crippen molar-refractivity contribution >= 4 is 5.97 Å². The summed E-state index contributed by atoms with van der Waals surface area (Å²) in [7, 11) is 0. The summed E-state index contributed by atoms with van der Waals surface area (Å²) in [5.74, 6) is -1.15. The van der Waals surface area contributed by atoms with Crippen LogP contribution in [0.5, 0.6) is 0 Å². The monoisotopic (exact) mass is 172 g/mol. The lowest BCUT2D eigenvalue weighted by molar-refractivity contribution is -0.131. The molecular weight excluding hydrogens is 160 g/mol. The van der Waals surface area contributed by atoms with E-state index in [4.69, 9.17) is 15.3 Å². The standard InChI is InChI=1S/C8H12O4/c1-2-3-6(9)7(10)4-5-8(11)12/h2-7,9-10H,1H3,(H,11,12). The number of hydrogen-bond donors (Lipinski definition) is 3. The van der Waals surface area contributed by atoms with Crippen LogP contribution in [0.4, 0.5) is 0 Å². The van der Waals surface area contributed by atoms with Crippen molar-refractivity contribution in [2.45, 2.75) is 19.1 Å². The summed E-state index contributed by atoms with van der Waals surface area (Å²) in [6.45, 7) is 1.69. The van der Waals surface area contributed by atoms with E-state index in [0.717, 1.165) is 12.2 Å². The molecule has 0 aliphatic rings. The average Bonchev–Trinajstić information content (AvgIpc) is 2.00. The van der Waals surface area contributed by atoms with Gasteiger partial charge in [0.2, 0.25) is 0 Å². The second-order valence-corrected chi connectivity index (χ2v) is 2.20. The quantitative estimate of drug-likeness (QED) is 0.409. The molecule has 12 heavy (non-hydrogen) atoms. The topological polar surface area (TPSA) is 77.8 Å². The summed E-state index contributed by atoms with van der Waals surface area (Å²) in [6.07, 6.45) is 2.53. The zero-order valence-corrected chi connectivity index (χ0v) is 6.71. The van der Waals surface area contributed by atoms with Gasteiger partial charge in [0.05, 0.1) is 0 Å². The zero-order chi connectivity index (χ0) is 9.56. The van der Waals surface area contributed by atoms with Crippen molar-refractivity contribution in [3.05, 3.63) is 24.3 Å². The molecule has 0 aromatic rings. The van der Waals surface area contributed by atoms with E-state index >= 15 is 0 Å². The first-order valence-electron chi connectivity index (χ1n) is 3.48. The Kier molecular flexibility index (Phi) is 4.99. The second-order valence-electron chi connectivity index (χ2n) is 2.20. The smallest absolute Gasteiger partial charge is 0.328 e. The van der Waals surface area contributed by atoms with E-state index in [0.29, 0.717) is 0 Å². The molecular formula is C8H12O4. The Balaban J connectivity index is 4.02. The van der Waals surface area contributed by atoms with Gasteiger partial charge in [-0.3, -0.25) is 0 Å². The Hall–Kier alpha value is -1.13. The Morgan fingerprint density at radius 3 is 2.17 bits per heavy atom. The molecule has 4 nitrogen and oxygen atoms in total. The third-order valence-corrected chi connectivity index (χ3v) is 1.18. The number of aliphatic carboxylic acids is 1. The van der Waals surface area contributed by atoms with Crippen molar-refractivity contribution < 1.29 is 20.1 Å². The fourth-order valence-electron chi connectivity index (χ4n) is 0.606. The average molecular weight is 172 g/mol. The fraction of sp³-hybridized carbons (Fsp3) is 0.375. The fourth-order valence-corrected chi connectivity index (χ4v) is 0.606. The van der Waals surface area contributed by atoms with Gasteiger partial charge >= 0.3 is 5.97 Å². The first-order valence-corrected chi connectivity index (χ1v) is 3.48. The second kappa shape index (κ2) is 5.51. The third kappa shape index (κ3) is 4.65. The highest BCUT2D eigenvalue weighted by atomic mass is 16.4. The highest BCUT2D eigenvalue weighted by Gasteiger charge is 2.08. The molecule has 0 radical (unpaired) electrons. The summed E-state index contributed by atoms with van der Waals surface area (Å²) >= 11 is 0. The molecule has 0 rings (SSSR count). The SMILES string of the molecule is CC=CC(O)C(O)C=CC(=O)O. The van der Waals surface area contributed by atoms with Crippen LogP contribution in [0.3, 0.4) is 0 Å². The van der Waals surface area contributed by atoms with Gasteiger partial charge < -0.3 is 15.3 Å². The normalized spacial score (nSPS) is 16.9. The molecule has 0 saturated carbocycles. The predicted octanol–water partition coefficient (Wildman–Crippen LogP) is -0.0749. The molecule has 0 amide bonds. The molecule has 0 aromatic carbocycles. The third-order valence-electron chi connectivity index (χ3n) is 1.18. The molecule has 0 spiro atoms. The molecule has 3 N–H and O–H groups in total. The molecule has 2 unspecified atom stereocenters. The molecule has 68 valence electrons. The number of carboxylic acid groups (broad SMARTS) is 1. The van der Waals surface area contributed by atoms with Crippen LogP contribution < -0.4 is 0 Å². The Labute approximate surface area is 70.5 Å². The minimum atomic E-state index is -1.17. The van der Waals surface area contributed by atoms with Gasteiger partial charge in [0.25, 0.3) is 0 Å². The van der Waals surface area contributed by atoms with Crippen LogP contribution in [-0.4, -0.2) is 33.5 Å². The van der Waals surface area contributed by atoms with Crippen LogP contribution in [-0.2, 0) is 4.79 Å². The molecule has 0 aliphatic carbocycles. The number of carboxylic acids is 1. The van der Waals surface area contributed by atoms with E-state index in [1.807, 2.05) is 0 Å². The number of allylic oxidation sites excluding steroid dienone is 1. The van der Waals surface area contributed by atoms with Gasteiger partial charge in [0.15, 0.2) is 0 Å². The number of aliphatic hydroxyl groups excluding tert-OH is 2. The van der Waals surface area contributed by atoms with Crippen molar-refractivity contribution in [1.82, 2.24) is 0 Å². The number of aliphatic hydroxyl groups is 2. The van der Waals surface area contributed by atoms with Crippen molar-refractivity contribution in [3.63, 3.8) is 0 Å². The van der Waals surface area contributed by atoms with E-state index in [1.165, 1.54) is 6.08 Å². The highest BCUT2D eigenvalue weighted by Crippen LogP contribution is 1.97. The molecule has 0 bridgehead atoms. The van der Waals surface area contributed by atoms with Crippen LogP contribution in [0, 0.1) is 0 Å². The maximum Gasteiger partial charge on any atom is 0.328 e. The van der Waals surface area contributed by atoms with Gasteiger partial charge in [-0.25, -0.2) is 4.79 Å². The Morgan fingerprint density at radius 1 is 1.25 bits per heavy atom. The maximum atomic E-state index is 9.99. The molecule has 0 heterocycles. The summed E-state index contributed by atoms with van der Waals surface area (Å²) in [5.41, 5.74) is 0. The van der Waals surface area contributed by atoms with Gasteiger partial charge in [-0.15, -0.1) is 0 Å². The van der Waals surface area contributed by atoms with Crippen LogP contribution in [0.15, 0.2) is 24.3 Å². The van der Waals surface area contributed by atoms with Gasteiger partial charge in [0.1, 0.15) is 12.2 Å². The molecule has 0 aliphatic heterocycles. The lowest BCUT2D eigenvalue weighted by atomic mass is 10.2. The summed E-state index contributed by atoms with van der Waals surface area (Å²) in [6, 6.07) is 0. The van der Waals surface area contributed by atoms with E-state index in [2.05, 4.69) is 0 Å². The van der Waals surface area contributed by atoms with Crippen LogP contribution >= 0.6 is 0 Å². The van der Waals surface area contributed by atoms with Crippen LogP contribution in [0.1, 0.15) is 6.92 Å². The highest BCUT2D eigenvalue weighted by molar-refractivity contribution is 5.79. The van der Waals surface area contributed by atoms with Crippen molar-refractivity contribution in [3.8, 4) is 0 Å². The van der Waals surface area contributed by atoms with Crippen LogP contribution in [0.25, 0.3) is 0 Å². The molecule has 0 fully saturated rings. The number of rotatable bonds is 4. The van der Waals surface area contributed by atoms with E-state index in [1.54, 1.807) is 13.0 Å². The summed E-state index contributed by atoms with van der Waals surface area (Å²) in [4.78, 5) is 9.99. The minimum absolute atomic E-state index is 0.789. The van der Waals surface area contributed by atoms with E-state index < -0.39 is 18.2 Å². The van der Waals surface area contributed by atoms with Gasteiger partial charge in [0, 0.05) is 6.08 Å². The molecule has 0 saturated heterocycles. The minimum Gasteiger partial charge on any atom is -0.478 e. The lowest BCUT2D eigenvalue weighted by Gasteiger charge is -2.08. The first-order chi connectivity index (χ1) is 5.57. The number of carbonyl (C=O) groups is 1. The van der Waals surface area contributed by atoms with Gasteiger partial charge in [-0.05, 0) is 13.0 Å². The van der Waals surface area contributed by atoms with E-state index in [-0.39, 0.29) is 0 Å². The van der Waals surface area contributed by atoms with Gasteiger partial charge in [-0.1, -0.05) is 12.2 Å². The largest absolute Gasteiger partial charge is 0.478 e. The van der Waals surface area contributed by atoms with Crippen molar-refractivity contribution in [2.75, 3.05) is 0 Å². The molecule has 4 heteroatoms. The Bertz CT molecular complexity index is 195. The lowest BCUT2D eigenvalue weighted by Crippen LogP contribution is -2.21. The Morgan fingerprint density at radius 2 is 1.75 bits per heavy atom. The summed E-state index contributed by atoms with van der Waals surface area (Å²) < 4.78 is 0. The van der Waals surface area contributed by atoms with Crippen LogP contribution in [0.2, 0.25) is 0 Å². The first kappa shape index (κ1) is 10.9. The predicted molar refractivity (Wildman–Crippen MR) is 43.6 cm³/mol. The molecule has 2 atom stereocenters. The summed E-state index contributed by atoms with van der Waals surface area (Å²) in [5, 5.41) is 26.3. The van der Waals surface area contributed by atoms with Crippen molar-refractivity contribution in [1.29, 1.82) is 0 Å². The van der Waals surface area contributed by atoms with E-state index in [9.17, 15) is 4.79 Å².